The summed E-state index contributed by atoms with van der Waals surface area (Å²) in [5.41, 5.74) is 2.80. The van der Waals surface area contributed by atoms with Crippen molar-refractivity contribution in [3.63, 3.8) is 0 Å². The predicted octanol–water partition coefficient (Wildman–Crippen LogP) is 5.45. The number of esters is 1. The molecule has 41 heavy (non-hydrogen) atoms. The van der Waals surface area contributed by atoms with Gasteiger partial charge < -0.3 is 19.1 Å². The lowest BCUT2D eigenvalue weighted by atomic mass is 9.50. The Balaban J connectivity index is 1.28. The quantitative estimate of drug-likeness (QED) is 0.312. The van der Waals surface area contributed by atoms with E-state index in [4.69, 9.17) is 37.4 Å². The van der Waals surface area contributed by atoms with Gasteiger partial charge in [-0.2, -0.15) is 0 Å². The standard InChI is InChI=1S/C32H36Cl2N2O5/c1-17(37)40-26-15-27(39-3)30-29-20(26)14-25-21-7-9-24(35(2)28(38)13-19-6-8-22(33)23(34)12-19)31(41-30)32(21,29)10-11-36(25)16-18-4-5-18/h6,8,12,15,18,21,24-25,31H,4-5,7,9-11,13-14,16H2,1-3H3/t21-,24+,25+,31-,32-/m0/s1. The minimum absolute atomic E-state index is 0.0223. The van der Waals surface area contributed by atoms with Crippen molar-refractivity contribution in [2.45, 2.75) is 75.5 Å². The summed E-state index contributed by atoms with van der Waals surface area (Å²) >= 11 is 12.3. The van der Waals surface area contributed by atoms with Crippen LogP contribution in [0.4, 0.5) is 0 Å². The van der Waals surface area contributed by atoms with Crippen molar-refractivity contribution < 1.29 is 23.8 Å². The molecule has 2 bridgehead atoms. The molecule has 0 unspecified atom stereocenters. The lowest BCUT2D eigenvalue weighted by Gasteiger charge is -2.60. The number of nitrogens with zero attached hydrogens (tertiary/aromatic N) is 2. The van der Waals surface area contributed by atoms with E-state index in [9.17, 15) is 9.59 Å². The van der Waals surface area contributed by atoms with Gasteiger partial charge in [0.25, 0.3) is 0 Å². The molecule has 3 fully saturated rings. The number of rotatable bonds is 7. The van der Waals surface area contributed by atoms with Crippen LogP contribution in [0.15, 0.2) is 24.3 Å². The van der Waals surface area contributed by atoms with Gasteiger partial charge in [0.05, 0.1) is 29.6 Å². The molecule has 1 spiro atoms. The lowest BCUT2D eigenvalue weighted by Crippen LogP contribution is -2.69. The molecule has 7 nitrogen and oxygen atoms in total. The van der Waals surface area contributed by atoms with Crippen LogP contribution < -0.4 is 14.2 Å². The third kappa shape index (κ3) is 4.33. The van der Waals surface area contributed by atoms with Crippen LogP contribution in [0.1, 0.15) is 55.7 Å². The normalized spacial score (nSPS) is 29.4. The molecule has 2 aromatic rings. The second kappa shape index (κ2) is 10.1. The Morgan fingerprint density at radius 2 is 1.93 bits per heavy atom. The molecule has 5 atom stereocenters. The van der Waals surface area contributed by atoms with Crippen LogP contribution in [0.2, 0.25) is 10.0 Å². The zero-order valence-electron chi connectivity index (χ0n) is 23.8. The molecule has 2 aromatic carbocycles. The molecule has 1 amide bonds. The number of likely N-dealkylation sites (N-methyl/N-ethyl adjacent to an activating group) is 1. The van der Waals surface area contributed by atoms with Crippen LogP contribution in [0.3, 0.4) is 0 Å². The summed E-state index contributed by atoms with van der Waals surface area (Å²) in [6, 6.07) is 7.43. The van der Waals surface area contributed by atoms with E-state index in [0.29, 0.717) is 33.5 Å². The number of carbonyl (C=O) groups excluding carboxylic acids is 2. The van der Waals surface area contributed by atoms with Gasteiger partial charge in [0.2, 0.25) is 5.91 Å². The number of hydrogen-bond donors (Lipinski definition) is 0. The fourth-order valence-corrected chi connectivity index (χ4v) is 8.74. The molecule has 5 aliphatic rings. The van der Waals surface area contributed by atoms with E-state index >= 15 is 0 Å². The second-order valence-corrected chi connectivity index (χ2v) is 13.4. The molecule has 2 saturated carbocycles. The van der Waals surface area contributed by atoms with Crippen molar-refractivity contribution >= 4 is 35.1 Å². The molecule has 3 aliphatic carbocycles. The fraction of sp³-hybridized carbons (Fsp3) is 0.562. The molecule has 2 aliphatic heterocycles. The van der Waals surface area contributed by atoms with Crippen molar-refractivity contribution in [1.82, 2.24) is 9.80 Å². The van der Waals surface area contributed by atoms with E-state index in [0.717, 1.165) is 67.1 Å². The van der Waals surface area contributed by atoms with Gasteiger partial charge in [-0.05, 0) is 74.6 Å². The van der Waals surface area contributed by atoms with E-state index in [2.05, 4.69) is 4.90 Å². The highest BCUT2D eigenvalue weighted by molar-refractivity contribution is 6.42. The molecular formula is C32H36Cl2N2O5. The van der Waals surface area contributed by atoms with Gasteiger partial charge in [-0.15, -0.1) is 0 Å². The number of carbonyl (C=O) groups is 2. The summed E-state index contributed by atoms with van der Waals surface area (Å²) in [6.07, 6.45) is 6.33. The summed E-state index contributed by atoms with van der Waals surface area (Å²) in [7, 11) is 3.53. The lowest BCUT2D eigenvalue weighted by molar-refractivity contribution is -0.139. The number of amides is 1. The average Bonchev–Trinajstić information content (AvgIpc) is 3.70. The van der Waals surface area contributed by atoms with E-state index < -0.39 is 0 Å². The van der Waals surface area contributed by atoms with E-state index in [1.54, 1.807) is 19.2 Å². The number of benzene rings is 2. The maximum absolute atomic E-state index is 13.7. The first-order chi connectivity index (χ1) is 19.7. The smallest absolute Gasteiger partial charge is 0.308 e. The van der Waals surface area contributed by atoms with Gasteiger partial charge in [-0.3, -0.25) is 14.5 Å². The monoisotopic (exact) mass is 598 g/mol. The Hall–Kier alpha value is -2.48. The number of methoxy groups -OCH3 is 1. The highest BCUT2D eigenvalue weighted by atomic mass is 35.5. The fourth-order valence-electron chi connectivity index (χ4n) is 8.42. The first-order valence-electron chi connectivity index (χ1n) is 14.7. The van der Waals surface area contributed by atoms with Crippen LogP contribution >= 0.6 is 23.2 Å². The van der Waals surface area contributed by atoms with Crippen molar-refractivity contribution in [1.29, 1.82) is 0 Å². The third-order valence-corrected chi connectivity index (χ3v) is 11.1. The Bertz CT molecular complexity index is 1430. The van der Waals surface area contributed by atoms with Crippen molar-refractivity contribution in [2.75, 3.05) is 27.2 Å². The van der Waals surface area contributed by atoms with Gasteiger partial charge in [0.15, 0.2) is 11.5 Å². The van der Waals surface area contributed by atoms with Crippen LogP contribution in [0.5, 0.6) is 17.2 Å². The topological polar surface area (TPSA) is 68.3 Å². The molecule has 0 aromatic heterocycles. The van der Waals surface area contributed by atoms with Crippen molar-refractivity contribution in [2.24, 2.45) is 11.8 Å². The maximum atomic E-state index is 13.7. The Labute approximate surface area is 251 Å². The number of likely N-dealkylation sites (tertiary alicyclic amines) is 1. The minimum Gasteiger partial charge on any atom is -0.493 e. The SMILES string of the molecule is COc1cc(OC(C)=O)c2c3c1O[C@H]1[C@H](N(C)C(=O)Cc4ccc(Cl)c(Cl)c4)CC[C@H]4[C@@H](C2)N(CC2CC2)CC[C@@]341. The highest BCUT2D eigenvalue weighted by Gasteiger charge is 2.67. The van der Waals surface area contributed by atoms with Crippen LogP contribution in [0, 0.1) is 11.8 Å². The van der Waals surface area contributed by atoms with Gasteiger partial charge in [-0.25, -0.2) is 0 Å². The average molecular weight is 600 g/mol. The molecule has 7 rings (SSSR count). The molecule has 0 N–H and O–H groups in total. The zero-order chi connectivity index (χ0) is 28.6. The molecule has 0 radical (unpaired) electrons. The summed E-state index contributed by atoms with van der Waals surface area (Å²) < 4.78 is 18.6. The van der Waals surface area contributed by atoms with E-state index in [-0.39, 0.29) is 35.9 Å². The Kier molecular flexibility index (Phi) is 6.71. The Morgan fingerprint density at radius 1 is 1.12 bits per heavy atom. The van der Waals surface area contributed by atoms with Crippen LogP contribution in [-0.4, -0.2) is 67.1 Å². The third-order valence-electron chi connectivity index (χ3n) is 10.4. The Morgan fingerprint density at radius 3 is 2.63 bits per heavy atom. The van der Waals surface area contributed by atoms with E-state index in [1.165, 1.54) is 19.8 Å². The number of piperidine rings is 1. The van der Waals surface area contributed by atoms with Crippen LogP contribution in [-0.2, 0) is 27.8 Å². The highest BCUT2D eigenvalue weighted by Crippen LogP contribution is 2.66. The maximum Gasteiger partial charge on any atom is 0.308 e. The number of ether oxygens (including phenoxy) is 3. The van der Waals surface area contributed by atoms with Gasteiger partial charge >= 0.3 is 5.97 Å². The largest absolute Gasteiger partial charge is 0.493 e. The zero-order valence-corrected chi connectivity index (χ0v) is 25.3. The van der Waals surface area contributed by atoms with Crippen molar-refractivity contribution in [3.05, 3.63) is 51.0 Å². The number of hydrogen-bond acceptors (Lipinski definition) is 6. The summed E-state index contributed by atoms with van der Waals surface area (Å²) in [5, 5.41) is 0.923. The predicted molar refractivity (Wildman–Crippen MR) is 156 cm³/mol. The van der Waals surface area contributed by atoms with Crippen LogP contribution in [0.25, 0.3) is 0 Å². The summed E-state index contributed by atoms with van der Waals surface area (Å²) in [6.45, 7) is 3.58. The van der Waals surface area contributed by atoms with Crippen molar-refractivity contribution in [3.8, 4) is 17.2 Å². The molecule has 9 heteroatoms. The van der Waals surface area contributed by atoms with Gasteiger partial charge in [0, 0.05) is 49.2 Å². The molecule has 218 valence electrons. The first kappa shape index (κ1) is 27.4. The molecule has 1 saturated heterocycles. The molecule has 2 heterocycles. The minimum atomic E-state index is -0.340. The van der Waals surface area contributed by atoms with Gasteiger partial charge in [-0.1, -0.05) is 29.3 Å². The van der Waals surface area contributed by atoms with E-state index in [1.807, 2.05) is 24.1 Å². The number of halogens is 2. The molecular weight excluding hydrogens is 563 g/mol. The summed E-state index contributed by atoms with van der Waals surface area (Å²) in [4.78, 5) is 30.5. The van der Waals surface area contributed by atoms with Gasteiger partial charge in [0.1, 0.15) is 11.9 Å². The first-order valence-corrected chi connectivity index (χ1v) is 15.5. The second-order valence-electron chi connectivity index (χ2n) is 12.6. The summed E-state index contributed by atoms with van der Waals surface area (Å²) in [5.74, 6) is 2.81.